The van der Waals surface area contributed by atoms with Gasteiger partial charge in [-0.05, 0) is 48.5 Å². The van der Waals surface area contributed by atoms with E-state index in [-0.39, 0.29) is 28.1 Å². The molecule has 0 fully saturated rings. The lowest BCUT2D eigenvalue weighted by molar-refractivity contribution is 0.102. The van der Waals surface area contributed by atoms with Crippen molar-refractivity contribution in [2.75, 3.05) is 23.3 Å². The van der Waals surface area contributed by atoms with Crippen LogP contribution in [0.5, 0.6) is 11.5 Å². The number of benzene rings is 3. The van der Waals surface area contributed by atoms with Crippen LogP contribution in [0.3, 0.4) is 0 Å². The molecule has 10 nitrogen and oxygen atoms in total. The number of nitrogens with zero attached hydrogens (tertiary/aromatic N) is 2. The molecule has 1 aliphatic rings. The Balaban J connectivity index is 1.30. The highest BCUT2D eigenvalue weighted by Gasteiger charge is 2.18. The van der Waals surface area contributed by atoms with E-state index in [0.717, 1.165) is 0 Å². The second-order valence-corrected chi connectivity index (χ2v) is 8.91. The molecule has 0 spiro atoms. The van der Waals surface area contributed by atoms with E-state index in [1.54, 1.807) is 48.5 Å². The summed E-state index contributed by atoms with van der Waals surface area (Å²) in [5.41, 5.74) is 1.04. The number of aromatic nitrogens is 2. The first kappa shape index (κ1) is 21.5. The van der Waals surface area contributed by atoms with Crippen LogP contribution in [0.1, 0.15) is 10.4 Å². The second-order valence-electron chi connectivity index (χ2n) is 7.22. The van der Waals surface area contributed by atoms with Gasteiger partial charge in [0, 0.05) is 16.8 Å². The Bertz CT molecular complexity index is 1450. The van der Waals surface area contributed by atoms with Crippen LogP contribution in [0.2, 0.25) is 0 Å². The predicted octanol–water partition coefficient (Wildman–Crippen LogP) is 3.56. The van der Waals surface area contributed by atoms with Gasteiger partial charge in [0.25, 0.3) is 15.9 Å². The van der Waals surface area contributed by atoms with Crippen molar-refractivity contribution in [3.05, 3.63) is 78.4 Å². The predicted molar refractivity (Wildman–Crippen MR) is 122 cm³/mol. The summed E-state index contributed by atoms with van der Waals surface area (Å²) in [4.78, 5) is 12.8. The molecule has 0 atom stereocenters. The van der Waals surface area contributed by atoms with Gasteiger partial charge >= 0.3 is 6.01 Å². The number of fused-ring (bicyclic) bond motifs is 1. The zero-order chi connectivity index (χ0) is 23.5. The number of amides is 1. The van der Waals surface area contributed by atoms with E-state index in [1.165, 1.54) is 24.3 Å². The van der Waals surface area contributed by atoms with Crippen LogP contribution < -0.4 is 19.5 Å². The van der Waals surface area contributed by atoms with Gasteiger partial charge in [0.2, 0.25) is 5.89 Å². The van der Waals surface area contributed by atoms with Crippen molar-refractivity contribution in [1.29, 1.82) is 0 Å². The normalized spacial score (nSPS) is 12.7. The van der Waals surface area contributed by atoms with Crippen LogP contribution >= 0.6 is 0 Å². The van der Waals surface area contributed by atoms with Gasteiger partial charge in [0.15, 0.2) is 11.5 Å². The third-order valence-corrected chi connectivity index (χ3v) is 6.26. The zero-order valence-corrected chi connectivity index (χ0v) is 18.4. The molecule has 0 bridgehead atoms. The minimum atomic E-state index is -3.79. The van der Waals surface area contributed by atoms with Gasteiger partial charge in [-0.2, -0.15) is 0 Å². The van der Waals surface area contributed by atoms with Gasteiger partial charge < -0.3 is 13.9 Å². The highest BCUT2D eigenvalue weighted by molar-refractivity contribution is 7.92. The van der Waals surface area contributed by atoms with Crippen LogP contribution in [-0.4, -0.2) is 37.7 Å². The Morgan fingerprint density at radius 3 is 2.47 bits per heavy atom. The molecule has 1 aliphatic heterocycles. The maximum atomic E-state index is 12.7. The average molecular weight is 478 g/mol. The Hall–Kier alpha value is -4.38. The molecule has 2 N–H and O–H groups in total. The molecular formula is C23H18N4O6S. The van der Waals surface area contributed by atoms with Crippen molar-refractivity contribution in [1.82, 2.24) is 10.2 Å². The number of hydrogen-bond acceptors (Lipinski definition) is 8. The van der Waals surface area contributed by atoms with Crippen LogP contribution in [0.4, 0.5) is 11.7 Å². The van der Waals surface area contributed by atoms with E-state index < -0.39 is 15.9 Å². The van der Waals surface area contributed by atoms with Crippen LogP contribution in [0.25, 0.3) is 11.5 Å². The van der Waals surface area contributed by atoms with E-state index in [9.17, 15) is 13.2 Å². The smallest absolute Gasteiger partial charge is 0.322 e. The molecule has 0 saturated heterocycles. The Morgan fingerprint density at radius 2 is 1.65 bits per heavy atom. The van der Waals surface area contributed by atoms with E-state index in [4.69, 9.17) is 13.9 Å². The maximum Gasteiger partial charge on any atom is 0.322 e. The van der Waals surface area contributed by atoms with E-state index >= 15 is 0 Å². The van der Waals surface area contributed by atoms with Crippen LogP contribution in [-0.2, 0) is 10.0 Å². The first-order chi connectivity index (χ1) is 16.5. The fourth-order valence-electron chi connectivity index (χ4n) is 3.27. The van der Waals surface area contributed by atoms with Gasteiger partial charge in [-0.3, -0.25) is 14.8 Å². The van der Waals surface area contributed by atoms with E-state index in [1.807, 2.05) is 0 Å². The molecule has 0 unspecified atom stereocenters. The van der Waals surface area contributed by atoms with Crippen molar-refractivity contribution >= 4 is 27.6 Å². The lowest BCUT2D eigenvalue weighted by Crippen LogP contribution is -2.15. The number of ether oxygens (including phenoxy) is 2. The minimum absolute atomic E-state index is 0.106. The minimum Gasteiger partial charge on any atom is -0.486 e. The number of rotatable bonds is 6. The van der Waals surface area contributed by atoms with Gasteiger partial charge in [0.1, 0.15) is 13.2 Å². The Kier molecular flexibility index (Phi) is 5.60. The summed E-state index contributed by atoms with van der Waals surface area (Å²) < 4.78 is 44.2. The summed E-state index contributed by atoms with van der Waals surface area (Å²) in [6.45, 7) is 0.931. The number of anilines is 2. The summed E-state index contributed by atoms with van der Waals surface area (Å²) >= 11 is 0. The molecule has 0 saturated carbocycles. The van der Waals surface area contributed by atoms with Gasteiger partial charge in [-0.25, -0.2) is 8.42 Å². The molecule has 5 rings (SSSR count). The molecule has 1 amide bonds. The number of carbonyl (C=O) groups is 1. The highest BCUT2D eigenvalue weighted by Crippen LogP contribution is 2.34. The van der Waals surface area contributed by atoms with Gasteiger partial charge in [0.05, 0.1) is 4.90 Å². The monoisotopic (exact) mass is 478 g/mol. The lowest BCUT2D eigenvalue weighted by Gasteiger charge is -2.18. The summed E-state index contributed by atoms with van der Waals surface area (Å²) in [5, 5.41) is 10.3. The fraction of sp³-hybridized carbons (Fsp3) is 0.0870. The molecule has 34 heavy (non-hydrogen) atoms. The molecule has 1 aromatic heterocycles. The maximum absolute atomic E-state index is 12.7. The van der Waals surface area contributed by atoms with Crippen LogP contribution in [0.15, 0.2) is 82.1 Å². The second kappa shape index (κ2) is 8.87. The molecule has 0 radical (unpaired) electrons. The number of hydrogen-bond donors (Lipinski definition) is 2. The summed E-state index contributed by atoms with van der Waals surface area (Å²) in [6, 6.07) is 19.1. The largest absolute Gasteiger partial charge is 0.486 e. The molecule has 11 heteroatoms. The van der Waals surface area contributed by atoms with Gasteiger partial charge in [-0.1, -0.05) is 29.4 Å². The Morgan fingerprint density at radius 1 is 0.853 bits per heavy atom. The third kappa shape index (κ3) is 4.55. The Labute approximate surface area is 194 Å². The summed E-state index contributed by atoms with van der Waals surface area (Å²) in [5.74, 6) is 0.850. The first-order valence-corrected chi connectivity index (χ1v) is 11.7. The lowest BCUT2D eigenvalue weighted by atomic mass is 10.2. The van der Waals surface area contributed by atoms with E-state index in [0.29, 0.717) is 30.3 Å². The van der Waals surface area contributed by atoms with E-state index in [2.05, 4.69) is 20.2 Å². The van der Waals surface area contributed by atoms with Crippen molar-refractivity contribution in [3.8, 4) is 23.0 Å². The zero-order valence-electron chi connectivity index (χ0n) is 17.6. The quantitative estimate of drug-likeness (QED) is 0.430. The molecular weight excluding hydrogens is 460 g/mol. The molecule has 2 heterocycles. The average Bonchev–Trinajstić information content (AvgIpc) is 3.32. The van der Waals surface area contributed by atoms with Crippen molar-refractivity contribution < 1.29 is 27.1 Å². The standard InChI is InChI=1S/C23H18N4O6S/c28-21(15-5-4-6-17(13-15)27-34(29,30)18-7-2-1-3-8-18)24-23-26-25-22(33-23)16-9-10-19-20(14-16)32-12-11-31-19/h1-10,13-14,27H,11-12H2,(H,24,26,28). The van der Waals surface area contributed by atoms with Crippen molar-refractivity contribution in [2.45, 2.75) is 4.90 Å². The fourth-order valence-corrected chi connectivity index (χ4v) is 4.34. The molecule has 172 valence electrons. The number of nitrogens with one attached hydrogen (secondary N) is 2. The van der Waals surface area contributed by atoms with Crippen molar-refractivity contribution in [3.63, 3.8) is 0 Å². The van der Waals surface area contributed by atoms with Crippen molar-refractivity contribution in [2.24, 2.45) is 0 Å². The van der Waals surface area contributed by atoms with Gasteiger partial charge in [-0.15, -0.1) is 5.10 Å². The first-order valence-electron chi connectivity index (χ1n) is 10.2. The number of sulfonamides is 1. The highest BCUT2D eigenvalue weighted by atomic mass is 32.2. The summed E-state index contributed by atoms with van der Waals surface area (Å²) in [6.07, 6.45) is 0. The number of carbonyl (C=O) groups excluding carboxylic acids is 1. The summed E-state index contributed by atoms with van der Waals surface area (Å²) in [7, 11) is -3.79. The molecule has 0 aliphatic carbocycles. The SMILES string of the molecule is O=C(Nc1nnc(-c2ccc3c(c2)OCCO3)o1)c1cccc(NS(=O)(=O)c2ccccc2)c1. The third-order valence-electron chi connectivity index (χ3n) is 4.87. The topological polar surface area (TPSA) is 133 Å². The molecule has 4 aromatic rings. The molecule has 3 aromatic carbocycles. The van der Waals surface area contributed by atoms with Crippen LogP contribution in [0, 0.1) is 0 Å².